The van der Waals surface area contributed by atoms with Crippen LogP contribution in [0.3, 0.4) is 0 Å². The standard InChI is InChI=1S/C16H20ClN3O/c1-13-9-16(18-21-13)12-20-7-5-19(6-8-20)11-14-3-2-4-15(17)10-14/h2-4,9-10H,5-8,11-12H2,1H3. The van der Waals surface area contributed by atoms with Gasteiger partial charge in [-0.25, -0.2) is 0 Å². The molecule has 0 unspecified atom stereocenters. The van der Waals surface area contributed by atoms with Crippen molar-refractivity contribution in [1.29, 1.82) is 0 Å². The smallest absolute Gasteiger partial charge is 0.133 e. The van der Waals surface area contributed by atoms with Gasteiger partial charge >= 0.3 is 0 Å². The van der Waals surface area contributed by atoms with Gasteiger partial charge in [-0.05, 0) is 24.6 Å². The molecule has 1 aromatic heterocycles. The molecule has 112 valence electrons. The Bertz CT molecular complexity index is 591. The van der Waals surface area contributed by atoms with Crippen LogP contribution >= 0.6 is 11.6 Å². The Kier molecular flexibility index (Phi) is 4.58. The van der Waals surface area contributed by atoms with Gasteiger partial charge in [-0.3, -0.25) is 9.80 Å². The largest absolute Gasteiger partial charge is 0.361 e. The summed E-state index contributed by atoms with van der Waals surface area (Å²) in [6.45, 7) is 8.05. The van der Waals surface area contributed by atoms with Crippen molar-refractivity contribution in [1.82, 2.24) is 15.0 Å². The van der Waals surface area contributed by atoms with Crippen molar-refractivity contribution >= 4 is 11.6 Å². The highest BCUT2D eigenvalue weighted by Crippen LogP contribution is 2.15. The SMILES string of the molecule is Cc1cc(CN2CCN(Cc3cccc(Cl)c3)CC2)no1. The van der Waals surface area contributed by atoms with Gasteiger partial charge in [0.05, 0.1) is 5.69 Å². The number of piperazine rings is 1. The maximum Gasteiger partial charge on any atom is 0.133 e. The molecule has 1 aliphatic rings. The van der Waals surface area contributed by atoms with E-state index < -0.39 is 0 Å². The van der Waals surface area contributed by atoms with E-state index in [4.69, 9.17) is 16.1 Å². The first-order valence-corrected chi connectivity index (χ1v) is 7.68. The third-order valence-corrected chi connectivity index (χ3v) is 4.06. The highest BCUT2D eigenvalue weighted by molar-refractivity contribution is 6.30. The lowest BCUT2D eigenvalue weighted by Gasteiger charge is -2.34. The first-order valence-electron chi connectivity index (χ1n) is 7.30. The molecule has 0 atom stereocenters. The second-order valence-electron chi connectivity index (χ2n) is 5.61. The van der Waals surface area contributed by atoms with Crippen LogP contribution in [0, 0.1) is 6.92 Å². The first-order chi connectivity index (χ1) is 10.2. The van der Waals surface area contributed by atoms with E-state index >= 15 is 0 Å². The molecule has 2 heterocycles. The quantitative estimate of drug-likeness (QED) is 0.869. The summed E-state index contributed by atoms with van der Waals surface area (Å²) in [5, 5.41) is 4.87. The number of hydrogen-bond acceptors (Lipinski definition) is 4. The molecule has 1 aromatic carbocycles. The van der Waals surface area contributed by atoms with Crippen molar-refractivity contribution in [2.24, 2.45) is 0 Å². The van der Waals surface area contributed by atoms with Crippen molar-refractivity contribution in [2.75, 3.05) is 26.2 Å². The van der Waals surface area contributed by atoms with E-state index in [0.29, 0.717) is 0 Å². The van der Waals surface area contributed by atoms with Crippen molar-refractivity contribution < 1.29 is 4.52 Å². The molecule has 0 N–H and O–H groups in total. The number of rotatable bonds is 4. The lowest BCUT2D eigenvalue weighted by molar-refractivity contribution is 0.120. The van der Waals surface area contributed by atoms with E-state index in [2.05, 4.69) is 21.0 Å². The summed E-state index contributed by atoms with van der Waals surface area (Å²) in [5.41, 5.74) is 2.30. The number of hydrogen-bond donors (Lipinski definition) is 0. The zero-order valence-electron chi connectivity index (χ0n) is 12.3. The molecule has 0 spiro atoms. The number of benzene rings is 1. The Labute approximate surface area is 130 Å². The van der Waals surface area contributed by atoms with Crippen LogP contribution in [-0.2, 0) is 13.1 Å². The zero-order valence-corrected chi connectivity index (χ0v) is 13.0. The van der Waals surface area contributed by atoms with E-state index in [9.17, 15) is 0 Å². The summed E-state index contributed by atoms with van der Waals surface area (Å²) in [6.07, 6.45) is 0. The fourth-order valence-corrected chi connectivity index (χ4v) is 2.93. The van der Waals surface area contributed by atoms with Gasteiger partial charge in [-0.2, -0.15) is 0 Å². The van der Waals surface area contributed by atoms with Crippen LogP contribution in [0.2, 0.25) is 5.02 Å². The second-order valence-corrected chi connectivity index (χ2v) is 6.05. The van der Waals surface area contributed by atoms with E-state index in [0.717, 1.165) is 55.7 Å². The molecule has 0 amide bonds. The summed E-state index contributed by atoms with van der Waals surface area (Å²) in [7, 11) is 0. The molecular weight excluding hydrogens is 286 g/mol. The number of aryl methyl sites for hydroxylation is 1. The van der Waals surface area contributed by atoms with Gasteiger partial charge in [0.25, 0.3) is 0 Å². The Hall–Kier alpha value is -1.36. The fourth-order valence-electron chi connectivity index (χ4n) is 2.72. The average molecular weight is 306 g/mol. The Morgan fingerprint density at radius 3 is 2.43 bits per heavy atom. The van der Waals surface area contributed by atoms with Crippen LogP contribution < -0.4 is 0 Å². The summed E-state index contributed by atoms with van der Waals surface area (Å²) >= 11 is 6.04. The predicted molar refractivity (Wildman–Crippen MR) is 83.2 cm³/mol. The highest BCUT2D eigenvalue weighted by atomic mass is 35.5. The van der Waals surface area contributed by atoms with Crippen LogP contribution in [0.25, 0.3) is 0 Å². The van der Waals surface area contributed by atoms with Gasteiger partial charge < -0.3 is 4.52 Å². The molecule has 0 aliphatic carbocycles. The monoisotopic (exact) mass is 305 g/mol. The third kappa shape index (κ3) is 4.06. The second kappa shape index (κ2) is 6.60. The van der Waals surface area contributed by atoms with E-state index in [-0.39, 0.29) is 0 Å². The maximum atomic E-state index is 6.04. The van der Waals surface area contributed by atoms with E-state index in [1.807, 2.05) is 31.2 Å². The molecule has 1 fully saturated rings. The Balaban J connectivity index is 1.48. The minimum Gasteiger partial charge on any atom is -0.361 e. The van der Waals surface area contributed by atoms with Gasteiger partial charge in [-0.15, -0.1) is 0 Å². The molecule has 1 saturated heterocycles. The lowest BCUT2D eigenvalue weighted by atomic mass is 10.2. The number of aromatic nitrogens is 1. The molecule has 0 radical (unpaired) electrons. The van der Waals surface area contributed by atoms with Gasteiger partial charge in [-0.1, -0.05) is 28.9 Å². The van der Waals surface area contributed by atoms with Gasteiger partial charge in [0, 0.05) is 50.4 Å². The average Bonchev–Trinajstić information content (AvgIpc) is 2.86. The summed E-state index contributed by atoms with van der Waals surface area (Å²) in [6, 6.07) is 10.1. The van der Waals surface area contributed by atoms with Gasteiger partial charge in [0.15, 0.2) is 0 Å². The van der Waals surface area contributed by atoms with E-state index in [1.165, 1.54) is 5.56 Å². The van der Waals surface area contributed by atoms with Crippen LogP contribution in [0.1, 0.15) is 17.0 Å². The van der Waals surface area contributed by atoms with E-state index in [1.54, 1.807) is 0 Å². The number of halogens is 1. The molecule has 0 bridgehead atoms. The number of nitrogens with zero attached hydrogens (tertiary/aromatic N) is 3. The Morgan fingerprint density at radius 2 is 1.81 bits per heavy atom. The van der Waals surface area contributed by atoms with Crippen LogP contribution in [0.15, 0.2) is 34.9 Å². The molecule has 21 heavy (non-hydrogen) atoms. The molecular formula is C16H20ClN3O. The first kappa shape index (κ1) is 14.6. The molecule has 0 saturated carbocycles. The molecule has 3 rings (SSSR count). The highest BCUT2D eigenvalue weighted by Gasteiger charge is 2.18. The van der Waals surface area contributed by atoms with Crippen molar-refractivity contribution in [3.05, 3.63) is 52.4 Å². The molecule has 2 aromatic rings. The third-order valence-electron chi connectivity index (χ3n) is 3.82. The molecule has 5 heteroatoms. The summed E-state index contributed by atoms with van der Waals surface area (Å²) in [4.78, 5) is 4.89. The molecule has 1 aliphatic heterocycles. The minimum absolute atomic E-state index is 0.813. The topological polar surface area (TPSA) is 32.5 Å². The minimum atomic E-state index is 0.813. The van der Waals surface area contributed by atoms with Crippen molar-refractivity contribution in [3.8, 4) is 0 Å². The zero-order chi connectivity index (χ0) is 14.7. The normalized spacial score (nSPS) is 17.2. The fraction of sp³-hybridized carbons (Fsp3) is 0.438. The predicted octanol–water partition coefficient (Wildman–Crippen LogP) is 2.95. The van der Waals surface area contributed by atoms with Crippen molar-refractivity contribution in [3.63, 3.8) is 0 Å². The Morgan fingerprint density at radius 1 is 1.10 bits per heavy atom. The lowest BCUT2D eigenvalue weighted by Crippen LogP contribution is -2.45. The van der Waals surface area contributed by atoms with Gasteiger partial charge in [0.2, 0.25) is 0 Å². The van der Waals surface area contributed by atoms with Crippen LogP contribution in [-0.4, -0.2) is 41.1 Å². The maximum absolute atomic E-state index is 6.04. The van der Waals surface area contributed by atoms with Crippen LogP contribution in [0.5, 0.6) is 0 Å². The molecule has 4 nitrogen and oxygen atoms in total. The summed E-state index contributed by atoms with van der Waals surface area (Å²) < 4.78 is 5.12. The summed E-state index contributed by atoms with van der Waals surface area (Å²) in [5.74, 6) is 0.879. The van der Waals surface area contributed by atoms with Crippen molar-refractivity contribution in [2.45, 2.75) is 20.0 Å². The van der Waals surface area contributed by atoms with Crippen LogP contribution in [0.4, 0.5) is 0 Å². The van der Waals surface area contributed by atoms with Gasteiger partial charge in [0.1, 0.15) is 5.76 Å².